The van der Waals surface area contributed by atoms with Gasteiger partial charge in [-0.15, -0.1) is 0 Å². The fourth-order valence-electron chi connectivity index (χ4n) is 2.16. The van der Waals surface area contributed by atoms with Gasteiger partial charge in [-0.25, -0.2) is 0 Å². The second-order valence-corrected chi connectivity index (χ2v) is 5.01. The maximum Gasteiger partial charge on any atom is 0.0790 e. The second kappa shape index (κ2) is 9.12. The van der Waals surface area contributed by atoms with Crippen LogP contribution in [0.4, 0.5) is 0 Å². The first-order valence-electron chi connectivity index (χ1n) is 7.15. The lowest BCUT2D eigenvalue weighted by molar-refractivity contribution is 0.127. The van der Waals surface area contributed by atoms with Gasteiger partial charge in [-0.3, -0.25) is 0 Å². The molecule has 1 aromatic carbocycles. The van der Waals surface area contributed by atoms with Crippen molar-refractivity contribution in [1.82, 2.24) is 0 Å². The summed E-state index contributed by atoms with van der Waals surface area (Å²) >= 11 is 0. The quantitative estimate of drug-likeness (QED) is 0.654. The summed E-state index contributed by atoms with van der Waals surface area (Å²) in [5, 5.41) is 19.7. The molecule has 0 radical (unpaired) electrons. The molecule has 0 aliphatic heterocycles. The highest BCUT2D eigenvalue weighted by molar-refractivity contribution is 5.16. The van der Waals surface area contributed by atoms with Crippen molar-refractivity contribution < 1.29 is 10.2 Å². The van der Waals surface area contributed by atoms with Gasteiger partial charge in [-0.2, -0.15) is 0 Å². The van der Waals surface area contributed by atoms with E-state index in [1.54, 1.807) is 0 Å². The fourth-order valence-corrected chi connectivity index (χ4v) is 2.16. The van der Waals surface area contributed by atoms with Crippen LogP contribution in [0.2, 0.25) is 0 Å². The minimum Gasteiger partial charge on any atom is -0.393 e. The second-order valence-electron chi connectivity index (χ2n) is 5.01. The number of hydrogen-bond acceptors (Lipinski definition) is 2. The molecule has 2 nitrogen and oxygen atoms in total. The normalized spacial score (nSPS) is 14.4. The Balaban J connectivity index is 2.13. The van der Waals surface area contributed by atoms with Crippen LogP contribution in [0.5, 0.6) is 0 Å². The van der Waals surface area contributed by atoms with Crippen molar-refractivity contribution in [2.24, 2.45) is 0 Å². The fraction of sp³-hybridized carbons (Fsp3) is 0.625. The molecule has 2 heteroatoms. The van der Waals surface area contributed by atoms with E-state index in [0.717, 1.165) is 37.7 Å². The maximum atomic E-state index is 9.97. The first-order valence-corrected chi connectivity index (χ1v) is 7.15. The van der Waals surface area contributed by atoms with E-state index in [1.807, 2.05) is 30.3 Å². The Kier molecular flexibility index (Phi) is 7.70. The van der Waals surface area contributed by atoms with Gasteiger partial charge < -0.3 is 10.2 Å². The Morgan fingerprint density at radius 3 is 2.22 bits per heavy atom. The third kappa shape index (κ3) is 6.18. The zero-order chi connectivity index (χ0) is 13.2. The predicted octanol–water partition coefficient (Wildman–Crippen LogP) is 3.83. The minimum absolute atomic E-state index is 0.195. The molecule has 0 heterocycles. The summed E-state index contributed by atoms with van der Waals surface area (Å²) in [6.45, 7) is 2.17. The molecule has 0 aliphatic carbocycles. The summed E-state index contributed by atoms with van der Waals surface area (Å²) in [7, 11) is 0. The molecule has 0 unspecified atom stereocenters. The average Bonchev–Trinajstić information content (AvgIpc) is 2.40. The van der Waals surface area contributed by atoms with Gasteiger partial charge in [0, 0.05) is 0 Å². The summed E-state index contributed by atoms with van der Waals surface area (Å²) in [5.41, 5.74) is 0.970. The number of rotatable bonds is 9. The van der Waals surface area contributed by atoms with Crippen molar-refractivity contribution in [1.29, 1.82) is 0 Å². The van der Waals surface area contributed by atoms with Crippen molar-refractivity contribution >= 4 is 0 Å². The molecule has 2 atom stereocenters. The zero-order valence-corrected chi connectivity index (χ0v) is 11.4. The summed E-state index contributed by atoms with van der Waals surface area (Å²) in [6, 6.07) is 9.73. The third-order valence-corrected chi connectivity index (χ3v) is 3.34. The summed E-state index contributed by atoms with van der Waals surface area (Å²) in [5.74, 6) is 0. The van der Waals surface area contributed by atoms with Crippen LogP contribution in [0.25, 0.3) is 0 Å². The highest BCUT2D eigenvalue weighted by Gasteiger charge is 2.09. The molecule has 0 aromatic heterocycles. The number of unbranched alkanes of at least 4 members (excludes halogenated alkanes) is 2. The van der Waals surface area contributed by atoms with Gasteiger partial charge >= 0.3 is 0 Å². The van der Waals surface area contributed by atoms with Gasteiger partial charge in [-0.1, -0.05) is 56.5 Å². The lowest BCUT2D eigenvalue weighted by Crippen LogP contribution is -2.07. The largest absolute Gasteiger partial charge is 0.393 e. The summed E-state index contributed by atoms with van der Waals surface area (Å²) < 4.78 is 0. The van der Waals surface area contributed by atoms with E-state index in [2.05, 4.69) is 6.92 Å². The molecule has 18 heavy (non-hydrogen) atoms. The lowest BCUT2D eigenvalue weighted by Gasteiger charge is -2.13. The van der Waals surface area contributed by atoms with Crippen molar-refractivity contribution in [2.45, 2.75) is 64.1 Å². The Morgan fingerprint density at radius 1 is 0.889 bits per heavy atom. The highest BCUT2D eigenvalue weighted by Crippen LogP contribution is 2.20. The first kappa shape index (κ1) is 15.2. The van der Waals surface area contributed by atoms with E-state index >= 15 is 0 Å². The molecule has 0 amide bonds. The van der Waals surface area contributed by atoms with Gasteiger partial charge in [0.25, 0.3) is 0 Å². The topological polar surface area (TPSA) is 40.5 Å². The van der Waals surface area contributed by atoms with Gasteiger partial charge in [0.1, 0.15) is 0 Å². The van der Waals surface area contributed by atoms with Crippen LogP contribution in [0, 0.1) is 0 Å². The average molecular weight is 250 g/mol. The smallest absolute Gasteiger partial charge is 0.0790 e. The third-order valence-electron chi connectivity index (χ3n) is 3.34. The molecule has 0 fully saturated rings. The van der Waals surface area contributed by atoms with E-state index in [9.17, 15) is 10.2 Å². The molecule has 2 N–H and O–H groups in total. The number of aliphatic hydroxyl groups is 2. The highest BCUT2D eigenvalue weighted by atomic mass is 16.3. The molecule has 102 valence electrons. The Bertz CT molecular complexity index is 297. The number of hydrogen-bond donors (Lipinski definition) is 2. The minimum atomic E-state index is -0.394. The maximum absolute atomic E-state index is 9.97. The number of aliphatic hydroxyl groups excluding tert-OH is 2. The summed E-state index contributed by atoms with van der Waals surface area (Å²) in [6.07, 6.45) is 6.22. The molecule has 1 rings (SSSR count). The van der Waals surface area contributed by atoms with Crippen LogP contribution in [-0.4, -0.2) is 16.3 Å². The van der Waals surface area contributed by atoms with Crippen molar-refractivity contribution in [3.63, 3.8) is 0 Å². The van der Waals surface area contributed by atoms with Crippen LogP contribution in [-0.2, 0) is 0 Å². The van der Waals surface area contributed by atoms with Gasteiger partial charge in [-0.05, 0) is 31.2 Å². The van der Waals surface area contributed by atoms with Crippen molar-refractivity contribution in [3.8, 4) is 0 Å². The van der Waals surface area contributed by atoms with Crippen LogP contribution >= 0.6 is 0 Å². The van der Waals surface area contributed by atoms with Crippen molar-refractivity contribution in [3.05, 3.63) is 35.9 Å². The van der Waals surface area contributed by atoms with Gasteiger partial charge in [0.2, 0.25) is 0 Å². The van der Waals surface area contributed by atoms with Gasteiger partial charge in [0.15, 0.2) is 0 Å². The molecule has 1 aromatic rings. The first-order chi connectivity index (χ1) is 8.74. The zero-order valence-electron chi connectivity index (χ0n) is 11.4. The lowest BCUT2D eigenvalue weighted by atomic mass is 10.0. The van der Waals surface area contributed by atoms with Crippen LogP contribution in [0.15, 0.2) is 30.3 Å². The van der Waals surface area contributed by atoms with E-state index in [1.165, 1.54) is 12.8 Å². The molecular weight excluding hydrogens is 224 g/mol. The van der Waals surface area contributed by atoms with Crippen molar-refractivity contribution in [2.75, 3.05) is 0 Å². The SMILES string of the molecule is CCCCC[C@@H](O)CCC[C@@H](O)c1ccccc1. The van der Waals surface area contributed by atoms with Crippen LogP contribution < -0.4 is 0 Å². The Labute approximate surface area is 111 Å². The molecule has 0 bridgehead atoms. The van der Waals surface area contributed by atoms with Crippen LogP contribution in [0.1, 0.15) is 63.5 Å². The molecule has 0 spiro atoms. The monoisotopic (exact) mass is 250 g/mol. The molecule has 0 saturated carbocycles. The molecule has 0 saturated heterocycles. The standard InChI is InChI=1S/C16H26O2/c1-2-3-5-11-15(17)12-8-13-16(18)14-9-6-4-7-10-14/h4,6-7,9-10,15-18H,2-3,5,8,11-13H2,1H3/t15-,16-/m1/s1. The van der Waals surface area contributed by atoms with E-state index in [-0.39, 0.29) is 6.10 Å². The van der Waals surface area contributed by atoms with Crippen LogP contribution in [0.3, 0.4) is 0 Å². The van der Waals surface area contributed by atoms with E-state index in [4.69, 9.17) is 0 Å². The van der Waals surface area contributed by atoms with E-state index in [0.29, 0.717) is 0 Å². The number of benzene rings is 1. The van der Waals surface area contributed by atoms with Gasteiger partial charge in [0.05, 0.1) is 12.2 Å². The summed E-state index contributed by atoms with van der Waals surface area (Å²) in [4.78, 5) is 0. The predicted molar refractivity (Wildman–Crippen MR) is 75.4 cm³/mol. The Hall–Kier alpha value is -0.860. The molecular formula is C16H26O2. The van der Waals surface area contributed by atoms with E-state index < -0.39 is 6.10 Å². The Morgan fingerprint density at radius 2 is 1.56 bits per heavy atom. The molecule has 0 aliphatic rings.